The first kappa shape index (κ1) is 12.5. The van der Waals surface area contributed by atoms with Gasteiger partial charge in [0.15, 0.2) is 0 Å². The number of hydrogen-bond donors (Lipinski definition) is 1. The predicted molar refractivity (Wildman–Crippen MR) is 60.7 cm³/mol. The Kier molecular flexibility index (Phi) is 3.02. The lowest BCUT2D eigenvalue weighted by atomic mass is 9.65. The van der Waals surface area contributed by atoms with Crippen molar-refractivity contribution in [1.29, 1.82) is 0 Å². The van der Waals surface area contributed by atoms with E-state index in [1.54, 1.807) is 0 Å². The van der Waals surface area contributed by atoms with Gasteiger partial charge in [-0.25, -0.2) is 4.39 Å². The standard InChI is InChI=1S/C12H12FNO4/c13-9-2-3-10(14(17)18)8(6-9)7-12(11(15)16)4-1-5-12/h2-3,6H,1,4-5,7H2,(H,15,16). The minimum Gasteiger partial charge on any atom is -0.481 e. The van der Waals surface area contributed by atoms with E-state index >= 15 is 0 Å². The Morgan fingerprint density at radius 1 is 1.50 bits per heavy atom. The van der Waals surface area contributed by atoms with Crippen molar-refractivity contribution in [2.75, 3.05) is 0 Å². The molecule has 0 unspecified atom stereocenters. The number of aliphatic carboxylic acids is 1. The molecule has 0 radical (unpaired) electrons. The summed E-state index contributed by atoms with van der Waals surface area (Å²) in [7, 11) is 0. The summed E-state index contributed by atoms with van der Waals surface area (Å²) in [5.41, 5.74) is -1.02. The molecule has 0 aromatic heterocycles. The van der Waals surface area contributed by atoms with Gasteiger partial charge < -0.3 is 5.11 Å². The first-order chi connectivity index (χ1) is 8.44. The number of nitro benzene ring substituents is 1. The third-order valence-corrected chi connectivity index (χ3v) is 3.53. The quantitative estimate of drug-likeness (QED) is 0.660. The lowest BCUT2D eigenvalue weighted by Gasteiger charge is -2.37. The van der Waals surface area contributed by atoms with Gasteiger partial charge in [-0.15, -0.1) is 0 Å². The van der Waals surface area contributed by atoms with Crippen LogP contribution in [0.25, 0.3) is 0 Å². The van der Waals surface area contributed by atoms with Gasteiger partial charge in [-0.1, -0.05) is 6.42 Å². The van der Waals surface area contributed by atoms with Gasteiger partial charge in [0.2, 0.25) is 0 Å². The highest BCUT2D eigenvalue weighted by molar-refractivity contribution is 5.76. The molecule has 96 valence electrons. The summed E-state index contributed by atoms with van der Waals surface area (Å²) in [6.07, 6.45) is 1.76. The zero-order chi connectivity index (χ0) is 13.3. The number of nitro groups is 1. The second-order valence-corrected chi connectivity index (χ2v) is 4.65. The van der Waals surface area contributed by atoms with Crippen LogP contribution in [-0.2, 0) is 11.2 Å². The van der Waals surface area contributed by atoms with Crippen molar-refractivity contribution in [1.82, 2.24) is 0 Å². The molecule has 0 atom stereocenters. The Hall–Kier alpha value is -1.98. The summed E-state index contributed by atoms with van der Waals surface area (Å²) in [6.45, 7) is 0. The summed E-state index contributed by atoms with van der Waals surface area (Å²) in [6, 6.07) is 3.15. The van der Waals surface area contributed by atoms with E-state index in [9.17, 15) is 24.4 Å². The van der Waals surface area contributed by atoms with Gasteiger partial charge in [-0.3, -0.25) is 14.9 Å². The zero-order valence-electron chi connectivity index (χ0n) is 9.56. The van der Waals surface area contributed by atoms with Gasteiger partial charge in [0.25, 0.3) is 5.69 Å². The van der Waals surface area contributed by atoms with E-state index in [0.717, 1.165) is 24.6 Å². The molecule has 0 spiro atoms. The SMILES string of the molecule is O=C(O)C1(Cc2cc(F)ccc2[N+](=O)[O-])CCC1. The fourth-order valence-corrected chi connectivity index (χ4v) is 2.31. The molecule has 0 heterocycles. The third-order valence-electron chi connectivity index (χ3n) is 3.53. The van der Waals surface area contributed by atoms with Crippen LogP contribution in [0.5, 0.6) is 0 Å². The molecule has 0 amide bonds. The molecular weight excluding hydrogens is 241 g/mol. The van der Waals surface area contributed by atoms with Crippen molar-refractivity contribution in [3.8, 4) is 0 Å². The number of rotatable bonds is 4. The Morgan fingerprint density at radius 2 is 2.17 bits per heavy atom. The van der Waals surface area contributed by atoms with Gasteiger partial charge in [-0.2, -0.15) is 0 Å². The summed E-state index contributed by atoms with van der Waals surface area (Å²) in [5, 5.41) is 20.0. The summed E-state index contributed by atoms with van der Waals surface area (Å²) < 4.78 is 13.1. The van der Waals surface area contributed by atoms with Gasteiger partial charge in [0, 0.05) is 11.6 Å². The van der Waals surface area contributed by atoms with Crippen LogP contribution >= 0.6 is 0 Å². The number of halogens is 1. The minimum absolute atomic E-state index is 0.0103. The topological polar surface area (TPSA) is 80.4 Å². The highest BCUT2D eigenvalue weighted by Crippen LogP contribution is 2.45. The van der Waals surface area contributed by atoms with E-state index in [1.165, 1.54) is 0 Å². The molecule has 1 N–H and O–H groups in total. The number of carbonyl (C=O) groups is 1. The van der Waals surface area contributed by atoms with E-state index in [1.807, 2.05) is 0 Å². The average molecular weight is 253 g/mol. The maximum atomic E-state index is 13.1. The predicted octanol–water partition coefficient (Wildman–Crippen LogP) is 2.53. The van der Waals surface area contributed by atoms with Crippen LogP contribution in [0.3, 0.4) is 0 Å². The van der Waals surface area contributed by atoms with Crippen LogP contribution in [0.4, 0.5) is 10.1 Å². The molecular formula is C12H12FNO4. The molecule has 1 aliphatic rings. The van der Waals surface area contributed by atoms with Crippen molar-refractivity contribution >= 4 is 11.7 Å². The summed E-state index contributed by atoms with van der Waals surface area (Å²) in [5.74, 6) is -1.55. The first-order valence-corrected chi connectivity index (χ1v) is 5.61. The molecule has 0 saturated heterocycles. The lowest BCUT2D eigenvalue weighted by Crippen LogP contribution is -2.40. The van der Waals surface area contributed by atoms with Crippen molar-refractivity contribution in [2.45, 2.75) is 25.7 Å². The number of benzene rings is 1. The van der Waals surface area contributed by atoms with E-state index in [4.69, 9.17) is 0 Å². The maximum Gasteiger partial charge on any atom is 0.309 e. The maximum absolute atomic E-state index is 13.1. The molecule has 1 aromatic carbocycles. The minimum atomic E-state index is -0.965. The number of carboxylic acids is 1. The molecule has 1 aliphatic carbocycles. The van der Waals surface area contributed by atoms with E-state index in [-0.39, 0.29) is 17.7 Å². The van der Waals surface area contributed by atoms with Gasteiger partial charge >= 0.3 is 5.97 Å². The Balaban J connectivity index is 2.36. The van der Waals surface area contributed by atoms with E-state index in [0.29, 0.717) is 12.8 Å². The number of nitrogens with zero attached hydrogens (tertiary/aromatic N) is 1. The normalized spacial score (nSPS) is 16.9. The zero-order valence-corrected chi connectivity index (χ0v) is 9.56. The summed E-state index contributed by atoms with van der Waals surface area (Å²) >= 11 is 0. The Bertz CT molecular complexity index is 511. The smallest absolute Gasteiger partial charge is 0.309 e. The molecule has 18 heavy (non-hydrogen) atoms. The van der Waals surface area contributed by atoms with E-state index in [2.05, 4.69) is 0 Å². The number of hydrogen-bond acceptors (Lipinski definition) is 3. The molecule has 1 saturated carbocycles. The molecule has 0 bridgehead atoms. The average Bonchev–Trinajstić information content (AvgIpc) is 2.22. The van der Waals surface area contributed by atoms with Gasteiger partial charge in [0.1, 0.15) is 5.82 Å². The molecule has 1 aromatic rings. The fourth-order valence-electron chi connectivity index (χ4n) is 2.31. The summed E-state index contributed by atoms with van der Waals surface area (Å²) in [4.78, 5) is 21.4. The van der Waals surface area contributed by atoms with Crippen LogP contribution in [0.15, 0.2) is 18.2 Å². The second-order valence-electron chi connectivity index (χ2n) is 4.65. The first-order valence-electron chi connectivity index (χ1n) is 5.61. The van der Waals surface area contributed by atoms with Gasteiger partial charge in [0.05, 0.1) is 10.3 Å². The Morgan fingerprint density at radius 3 is 2.61 bits per heavy atom. The second kappa shape index (κ2) is 4.36. The van der Waals surface area contributed by atoms with Gasteiger partial charge in [-0.05, 0) is 31.4 Å². The molecule has 0 aliphatic heterocycles. The van der Waals surface area contributed by atoms with Crippen molar-refractivity contribution in [2.24, 2.45) is 5.41 Å². The van der Waals surface area contributed by atoms with Crippen LogP contribution in [0, 0.1) is 21.3 Å². The third kappa shape index (κ3) is 2.05. The van der Waals surface area contributed by atoms with Crippen LogP contribution < -0.4 is 0 Å². The fraction of sp³-hybridized carbons (Fsp3) is 0.417. The monoisotopic (exact) mass is 253 g/mol. The highest BCUT2D eigenvalue weighted by atomic mass is 19.1. The van der Waals surface area contributed by atoms with E-state index < -0.39 is 22.1 Å². The number of carboxylic acid groups (broad SMARTS) is 1. The van der Waals surface area contributed by atoms with Crippen molar-refractivity contribution in [3.05, 3.63) is 39.7 Å². The van der Waals surface area contributed by atoms with Crippen molar-refractivity contribution in [3.63, 3.8) is 0 Å². The van der Waals surface area contributed by atoms with Crippen LogP contribution in [-0.4, -0.2) is 16.0 Å². The highest BCUT2D eigenvalue weighted by Gasteiger charge is 2.45. The molecule has 6 heteroatoms. The van der Waals surface area contributed by atoms with Crippen LogP contribution in [0.1, 0.15) is 24.8 Å². The lowest BCUT2D eigenvalue weighted by molar-refractivity contribution is -0.385. The molecule has 5 nitrogen and oxygen atoms in total. The largest absolute Gasteiger partial charge is 0.481 e. The van der Waals surface area contributed by atoms with Crippen LogP contribution in [0.2, 0.25) is 0 Å². The Labute approximate surface area is 102 Å². The molecule has 1 fully saturated rings. The molecule has 2 rings (SSSR count). The van der Waals surface area contributed by atoms with Crippen molar-refractivity contribution < 1.29 is 19.2 Å².